The number of aliphatic hydroxyl groups is 1. The van der Waals surface area contributed by atoms with E-state index < -0.39 is 5.60 Å². The van der Waals surface area contributed by atoms with E-state index in [9.17, 15) is 5.11 Å². The molecule has 0 amide bonds. The monoisotopic (exact) mass is 277 g/mol. The minimum absolute atomic E-state index is 0.674. The highest BCUT2D eigenvalue weighted by Gasteiger charge is 2.44. The number of rotatable bonds is 2. The Balaban J connectivity index is 1.69. The molecule has 1 aromatic heterocycles. The summed E-state index contributed by atoms with van der Waals surface area (Å²) in [5.74, 6) is 0.674. The molecule has 4 heteroatoms. The van der Waals surface area contributed by atoms with Gasteiger partial charge in [-0.25, -0.2) is 0 Å². The summed E-state index contributed by atoms with van der Waals surface area (Å²) in [5.41, 5.74) is -0.0497. The number of β-amino-alcohol motifs (C(OH)–C–C–N with tert-alkyl or cyclic N) is 1. The van der Waals surface area contributed by atoms with Gasteiger partial charge in [0.05, 0.1) is 0 Å². The van der Waals surface area contributed by atoms with Crippen molar-refractivity contribution >= 4 is 22.6 Å². The maximum Gasteiger partial charge on any atom is 0.138 e. The van der Waals surface area contributed by atoms with Crippen molar-refractivity contribution in [2.75, 3.05) is 13.1 Å². The van der Waals surface area contributed by atoms with Crippen molar-refractivity contribution < 1.29 is 9.52 Å². The van der Waals surface area contributed by atoms with Gasteiger partial charge >= 0.3 is 0 Å². The number of hydrogen-bond acceptors (Lipinski definition) is 3. The van der Waals surface area contributed by atoms with Gasteiger partial charge in [0.15, 0.2) is 0 Å². The molecule has 2 heterocycles. The van der Waals surface area contributed by atoms with E-state index in [1.54, 1.807) is 0 Å². The van der Waals surface area contributed by atoms with Crippen LogP contribution in [0.2, 0.25) is 5.02 Å². The molecule has 1 saturated heterocycles. The molecular formula is C15H16ClNO2. The minimum Gasteiger partial charge on any atom is -0.458 e. The van der Waals surface area contributed by atoms with Crippen molar-refractivity contribution in [3.05, 3.63) is 35.0 Å². The maximum absolute atomic E-state index is 10.8. The Bertz CT molecular complexity index is 634. The third kappa shape index (κ3) is 1.97. The Hall–Kier alpha value is -1.03. The maximum atomic E-state index is 10.8. The van der Waals surface area contributed by atoms with Gasteiger partial charge in [-0.2, -0.15) is 0 Å². The summed E-state index contributed by atoms with van der Waals surface area (Å²) in [6.07, 6.45) is 3.29. The molecule has 100 valence electrons. The van der Waals surface area contributed by atoms with Crippen molar-refractivity contribution in [2.24, 2.45) is 0 Å². The van der Waals surface area contributed by atoms with Gasteiger partial charge in [-0.1, -0.05) is 11.6 Å². The van der Waals surface area contributed by atoms with Crippen molar-refractivity contribution in [1.82, 2.24) is 4.90 Å². The molecule has 0 bridgehead atoms. The number of benzene rings is 1. The molecule has 1 aliphatic heterocycles. The predicted molar refractivity (Wildman–Crippen MR) is 74.3 cm³/mol. The van der Waals surface area contributed by atoms with Crippen LogP contribution in [0.5, 0.6) is 0 Å². The van der Waals surface area contributed by atoms with Crippen LogP contribution in [-0.2, 0) is 5.60 Å². The minimum atomic E-state index is -0.839. The molecule has 1 unspecified atom stereocenters. The van der Waals surface area contributed by atoms with Crippen LogP contribution in [-0.4, -0.2) is 29.1 Å². The summed E-state index contributed by atoms with van der Waals surface area (Å²) in [6.45, 7) is 1.64. The van der Waals surface area contributed by atoms with Gasteiger partial charge in [0.1, 0.15) is 16.9 Å². The number of furan rings is 1. The molecule has 1 N–H and O–H groups in total. The molecule has 2 fully saturated rings. The van der Waals surface area contributed by atoms with Crippen LogP contribution in [0.25, 0.3) is 11.0 Å². The van der Waals surface area contributed by atoms with E-state index in [2.05, 4.69) is 4.90 Å². The second kappa shape index (κ2) is 3.98. The van der Waals surface area contributed by atoms with E-state index in [-0.39, 0.29) is 0 Å². The number of likely N-dealkylation sites (tertiary alicyclic amines) is 1. The quantitative estimate of drug-likeness (QED) is 0.916. The lowest BCUT2D eigenvalue weighted by atomic mass is 10.00. The predicted octanol–water partition coefficient (Wildman–Crippen LogP) is 3.14. The van der Waals surface area contributed by atoms with Gasteiger partial charge in [0.2, 0.25) is 0 Å². The van der Waals surface area contributed by atoms with Crippen LogP contribution in [0.15, 0.2) is 28.7 Å². The molecule has 1 aromatic carbocycles. The third-order valence-corrected chi connectivity index (χ3v) is 4.51. The normalized spacial score (nSPS) is 28.3. The van der Waals surface area contributed by atoms with Crippen molar-refractivity contribution in [3.63, 3.8) is 0 Å². The first-order chi connectivity index (χ1) is 9.14. The lowest BCUT2D eigenvalue weighted by molar-refractivity contribution is 0.0250. The molecular weight excluding hydrogens is 262 g/mol. The van der Waals surface area contributed by atoms with E-state index >= 15 is 0 Å². The van der Waals surface area contributed by atoms with E-state index in [4.69, 9.17) is 16.0 Å². The zero-order valence-electron chi connectivity index (χ0n) is 10.6. The molecule has 1 atom stereocenters. The van der Waals surface area contributed by atoms with Crippen LogP contribution in [0.3, 0.4) is 0 Å². The second-order valence-electron chi connectivity index (χ2n) is 5.78. The Labute approximate surface area is 116 Å². The van der Waals surface area contributed by atoms with Gasteiger partial charge in [-0.3, -0.25) is 4.90 Å². The Morgan fingerprint density at radius 2 is 2.16 bits per heavy atom. The highest BCUT2D eigenvalue weighted by Crippen LogP contribution is 2.40. The molecule has 19 heavy (non-hydrogen) atoms. The lowest BCUT2D eigenvalue weighted by Gasteiger charge is -2.20. The average molecular weight is 278 g/mol. The highest BCUT2D eigenvalue weighted by molar-refractivity contribution is 6.31. The van der Waals surface area contributed by atoms with Crippen molar-refractivity contribution in [1.29, 1.82) is 0 Å². The fraction of sp³-hybridized carbons (Fsp3) is 0.467. The summed E-state index contributed by atoms with van der Waals surface area (Å²) < 4.78 is 5.82. The Morgan fingerprint density at radius 3 is 2.95 bits per heavy atom. The fourth-order valence-corrected chi connectivity index (χ4v) is 3.20. The highest BCUT2D eigenvalue weighted by atomic mass is 35.5. The summed E-state index contributed by atoms with van der Waals surface area (Å²) in [4.78, 5) is 2.38. The fourth-order valence-electron chi connectivity index (χ4n) is 3.02. The third-order valence-electron chi connectivity index (χ3n) is 4.28. The van der Waals surface area contributed by atoms with E-state index in [0.717, 1.165) is 23.9 Å². The van der Waals surface area contributed by atoms with Gasteiger partial charge in [0, 0.05) is 29.5 Å². The summed E-state index contributed by atoms with van der Waals surface area (Å²) in [5, 5.41) is 12.5. The topological polar surface area (TPSA) is 36.6 Å². The molecule has 0 radical (unpaired) electrons. The van der Waals surface area contributed by atoms with Crippen LogP contribution < -0.4 is 0 Å². The van der Waals surface area contributed by atoms with Crippen LogP contribution in [0.4, 0.5) is 0 Å². The van der Waals surface area contributed by atoms with Crippen molar-refractivity contribution in [3.8, 4) is 0 Å². The standard InChI is InChI=1S/C15H16ClNO2/c16-11-1-4-13-10(7-11)8-14(19-13)15(18)5-6-17(9-15)12-2-3-12/h1,4,7-8,12,18H,2-3,5-6,9H2. The zero-order valence-corrected chi connectivity index (χ0v) is 11.4. The number of nitrogens with zero attached hydrogens (tertiary/aromatic N) is 1. The number of fused-ring (bicyclic) bond motifs is 1. The molecule has 0 spiro atoms. The van der Waals surface area contributed by atoms with Crippen molar-refractivity contribution in [2.45, 2.75) is 30.9 Å². The second-order valence-corrected chi connectivity index (χ2v) is 6.21. The van der Waals surface area contributed by atoms with Gasteiger partial charge < -0.3 is 9.52 Å². The first-order valence-corrected chi connectivity index (χ1v) is 7.18. The summed E-state index contributed by atoms with van der Waals surface area (Å²) in [7, 11) is 0. The summed E-state index contributed by atoms with van der Waals surface area (Å²) >= 11 is 5.98. The Morgan fingerprint density at radius 1 is 1.32 bits per heavy atom. The zero-order chi connectivity index (χ0) is 13.0. The SMILES string of the molecule is OC1(c2cc3cc(Cl)ccc3o2)CCN(C2CC2)C1. The first kappa shape index (κ1) is 11.8. The molecule has 2 aliphatic rings. The number of hydrogen-bond donors (Lipinski definition) is 1. The molecule has 2 aromatic rings. The largest absolute Gasteiger partial charge is 0.458 e. The lowest BCUT2D eigenvalue weighted by Crippen LogP contribution is -2.31. The van der Waals surface area contributed by atoms with Crippen LogP contribution in [0.1, 0.15) is 25.0 Å². The van der Waals surface area contributed by atoms with Gasteiger partial charge in [-0.15, -0.1) is 0 Å². The van der Waals surface area contributed by atoms with E-state index in [1.165, 1.54) is 12.8 Å². The van der Waals surface area contributed by atoms with Crippen LogP contribution >= 0.6 is 11.6 Å². The van der Waals surface area contributed by atoms with E-state index in [0.29, 0.717) is 23.4 Å². The van der Waals surface area contributed by atoms with Gasteiger partial charge in [-0.05, 0) is 43.5 Å². The van der Waals surface area contributed by atoms with E-state index in [1.807, 2.05) is 24.3 Å². The first-order valence-electron chi connectivity index (χ1n) is 6.80. The summed E-state index contributed by atoms with van der Waals surface area (Å²) in [6, 6.07) is 8.16. The molecule has 3 nitrogen and oxygen atoms in total. The van der Waals surface area contributed by atoms with Crippen LogP contribution in [0, 0.1) is 0 Å². The molecule has 1 aliphatic carbocycles. The smallest absolute Gasteiger partial charge is 0.138 e. The Kier molecular flexibility index (Phi) is 2.47. The van der Waals surface area contributed by atoms with Gasteiger partial charge in [0.25, 0.3) is 0 Å². The molecule has 4 rings (SSSR count). The number of halogens is 1. The molecule has 1 saturated carbocycles. The average Bonchev–Trinajstić information content (AvgIpc) is 3.02.